The zero-order valence-electron chi connectivity index (χ0n) is 9.15. The number of likely N-dealkylation sites (N-methyl/N-ethyl adjacent to an activating group) is 1. The van der Waals surface area contributed by atoms with E-state index in [1.54, 1.807) is 29.2 Å². The first-order valence-corrected chi connectivity index (χ1v) is 5.31. The largest absolute Gasteiger partial charge is 0.492 e. The third-order valence-corrected chi connectivity index (χ3v) is 2.23. The number of carbonyl (C=O) groups is 1. The molecule has 88 valence electrons. The van der Waals surface area contributed by atoms with Gasteiger partial charge in [-0.3, -0.25) is 9.69 Å². The summed E-state index contributed by atoms with van der Waals surface area (Å²) in [6.45, 7) is 1.39. The van der Waals surface area contributed by atoms with E-state index in [9.17, 15) is 4.79 Å². The van der Waals surface area contributed by atoms with Crippen LogP contribution in [0.5, 0.6) is 5.75 Å². The molecular weight excluding hydrogens is 228 g/mol. The Morgan fingerprint density at radius 2 is 2.06 bits per heavy atom. The van der Waals surface area contributed by atoms with Gasteiger partial charge >= 0.3 is 0 Å². The fourth-order valence-corrected chi connectivity index (χ4v) is 1.32. The number of nitrogens with two attached hydrogens (primary N) is 1. The monoisotopic (exact) mass is 242 g/mol. The van der Waals surface area contributed by atoms with Crippen molar-refractivity contribution in [3.05, 3.63) is 29.3 Å². The van der Waals surface area contributed by atoms with Crippen LogP contribution in [-0.2, 0) is 4.79 Å². The fraction of sp³-hybridized carbons (Fsp3) is 0.364. The highest BCUT2D eigenvalue weighted by atomic mass is 35.5. The maximum absolute atomic E-state index is 10.6. The molecule has 16 heavy (non-hydrogen) atoms. The Balaban J connectivity index is 2.25. The van der Waals surface area contributed by atoms with Gasteiger partial charge in [-0.05, 0) is 31.3 Å². The van der Waals surface area contributed by atoms with Crippen molar-refractivity contribution in [3.63, 3.8) is 0 Å². The van der Waals surface area contributed by atoms with Crippen molar-refractivity contribution in [2.75, 3.05) is 26.7 Å². The summed E-state index contributed by atoms with van der Waals surface area (Å²) in [5.74, 6) is 0.422. The Bertz CT molecular complexity index is 340. The lowest BCUT2D eigenvalue weighted by atomic mass is 10.3. The second-order valence-corrected chi connectivity index (χ2v) is 3.94. The van der Waals surface area contributed by atoms with Crippen LogP contribution in [0.4, 0.5) is 0 Å². The molecule has 0 aliphatic carbocycles. The summed E-state index contributed by atoms with van der Waals surface area (Å²) in [6.07, 6.45) is 0. The third kappa shape index (κ3) is 5.00. The smallest absolute Gasteiger partial charge is 0.231 e. The molecule has 0 heterocycles. The molecule has 0 atom stereocenters. The van der Waals surface area contributed by atoms with Gasteiger partial charge < -0.3 is 10.5 Å². The molecule has 1 amide bonds. The number of hydrogen-bond donors (Lipinski definition) is 1. The Morgan fingerprint density at radius 3 is 2.62 bits per heavy atom. The second-order valence-electron chi connectivity index (χ2n) is 3.51. The number of primary amides is 1. The summed E-state index contributed by atoms with van der Waals surface area (Å²) >= 11 is 5.74. The molecule has 0 aliphatic rings. The lowest BCUT2D eigenvalue weighted by Gasteiger charge is -2.14. The number of carbonyl (C=O) groups excluding carboxylic acids is 1. The van der Waals surface area contributed by atoms with Crippen LogP contribution in [0.15, 0.2) is 24.3 Å². The molecule has 0 radical (unpaired) electrons. The average Bonchev–Trinajstić information content (AvgIpc) is 2.20. The van der Waals surface area contributed by atoms with Crippen LogP contribution in [0.2, 0.25) is 5.02 Å². The molecule has 0 aliphatic heterocycles. The normalized spacial score (nSPS) is 10.4. The van der Waals surface area contributed by atoms with Gasteiger partial charge in [-0.1, -0.05) is 11.6 Å². The first-order valence-electron chi connectivity index (χ1n) is 4.93. The number of halogens is 1. The highest BCUT2D eigenvalue weighted by molar-refractivity contribution is 6.30. The van der Waals surface area contributed by atoms with Crippen molar-refractivity contribution in [2.24, 2.45) is 5.73 Å². The molecule has 0 aromatic heterocycles. The van der Waals surface area contributed by atoms with Gasteiger partial charge in [0.2, 0.25) is 5.91 Å². The Kier molecular flexibility index (Phi) is 5.08. The predicted molar refractivity (Wildman–Crippen MR) is 63.6 cm³/mol. The third-order valence-electron chi connectivity index (χ3n) is 1.98. The molecule has 4 nitrogen and oxygen atoms in total. The van der Waals surface area contributed by atoms with Crippen molar-refractivity contribution in [1.82, 2.24) is 4.90 Å². The SMILES string of the molecule is CN(CCOc1ccc(Cl)cc1)CC(N)=O. The minimum Gasteiger partial charge on any atom is -0.492 e. The Morgan fingerprint density at radius 1 is 1.44 bits per heavy atom. The molecule has 1 rings (SSSR count). The number of hydrogen-bond acceptors (Lipinski definition) is 3. The number of amides is 1. The standard InChI is InChI=1S/C11H15ClN2O2/c1-14(8-11(13)15)6-7-16-10-4-2-9(12)3-5-10/h2-5H,6-8H2,1H3,(H2,13,15). The Hall–Kier alpha value is -1.26. The summed E-state index contributed by atoms with van der Waals surface area (Å²) in [6, 6.07) is 7.14. The molecular formula is C11H15ClN2O2. The van der Waals surface area contributed by atoms with Gasteiger partial charge in [0.1, 0.15) is 12.4 Å². The van der Waals surface area contributed by atoms with E-state index in [1.807, 2.05) is 7.05 Å². The molecule has 0 unspecified atom stereocenters. The van der Waals surface area contributed by atoms with Crippen molar-refractivity contribution >= 4 is 17.5 Å². The van der Waals surface area contributed by atoms with Gasteiger partial charge in [-0.15, -0.1) is 0 Å². The Labute approximate surface area is 99.9 Å². The fourth-order valence-electron chi connectivity index (χ4n) is 1.20. The summed E-state index contributed by atoms with van der Waals surface area (Å²) in [5, 5.41) is 0.679. The molecule has 0 spiro atoms. The van der Waals surface area contributed by atoms with Crippen LogP contribution in [0.25, 0.3) is 0 Å². The summed E-state index contributed by atoms with van der Waals surface area (Å²) in [4.78, 5) is 12.4. The van der Waals surface area contributed by atoms with Gasteiger partial charge in [0.05, 0.1) is 6.54 Å². The molecule has 0 saturated carbocycles. The van der Waals surface area contributed by atoms with Gasteiger partial charge in [-0.25, -0.2) is 0 Å². The zero-order chi connectivity index (χ0) is 12.0. The van der Waals surface area contributed by atoms with E-state index < -0.39 is 0 Å². The highest BCUT2D eigenvalue weighted by Gasteiger charge is 2.02. The number of nitrogens with zero attached hydrogens (tertiary/aromatic N) is 1. The zero-order valence-corrected chi connectivity index (χ0v) is 9.91. The highest BCUT2D eigenvalue weighted by Crippen LogP contribution is 2.15. The lowest BCUT2D eigenvalue weighted by Crippen LogP contribution is -2.33. The summed E-state index contributed by atoms with van der Waals surface area (Å²) in [5.41, 5.74) is 5.06. The molecule has 0 fully saturated rings. The average molecular weight is 243 g/mol. The van der Waals surface area contributed by atoms with E-state index in [0.717, 1.165) is 5.75 Å². The van der Waals surface area contributed by atoms with Crippen LogP contribution in [0, 0.1) is 0 Å². The van der Waals surface area contributed by atoms with Crippen molar-refractivity contribution in [1.29, 1.82) is 0 Å². The van der Waals surface area contributed by atoms with Crippen molar-refractivity contribution < 1.29 is 9.53 Å². The summed E-state index contributed by atoms with van der Waals surface area (Å²) in [7, 11) is 1.82. The maximum atomic E-state index is 10.6. The summed E-state index contributed by atoms with van der Waals surface area (Å²) < 4.78 is 5.46. The second kappa shape index (κ2) is 6.35. The van der Waals surface area contributed by atoms with E-state index in [0.29, 0.717) is 18.2 Å². The van der Waals surface area contributed by atoms with Gasteiger partial charge in [-0.2, -0.15) is 0 Å². The van der Waals surface area contributed by atoms with Crippen LogP contribution in [-0.4, -0.2) is 37.6 Å². The number of benzene rings is 1. The topological polar surface area (TPSA) is 55.6 Å². The van der Waals surface area contributed by atoms with E-state index >= 15 is 0 Å². The minimum atomic E-state index is -0.339. The molecule has 1 aromatic rings. The van der Waals surface area contributed by atoms with Crippen LogP contribution in [0.1, 0.15) is 0 Å². The molecule has 0 bridgehead atoms. The van der Waals surface area contributed by atoms with Gasteiger partial charge in [0, 0.05) is 11.6 Å². The van der Waals surface area contributed by atoms with Crippen LogP contribution < -0.4 is 10.5 Å². The van der Waals surface area contributed by atoms with Gasteiger partial charge in [0.25, 0.3) is 0 Å². The van der Waals surface area contributed by atoms with E-state index in [-0.39, 0.29) is 12.5 Å². The first kappa shape index (κ1) is 12.8. The van der Waals surface area contributed by atoms with Gasteiger partial charge in [0.15, 0.2) is 0 Å². The maximum Gasteiger partial charge on any atom is 0.231 e. The van der Waals surface area contributed by atoms with Crippen molar-refractivity contribution in [2.45, 2.75) is 0 Å². The quantitative estimate of drug-likeness (QED) is 0.814. The lowest BCUT2D eigenvalue weighted by molar-refractivity contribution is -0.118. The first-order chi connectivity index (χ1) is 7.58. The molecule has 2 N–H and O–H groups in total. The molecule has 0 saturated heterocycles. The van der Waals surface area contributed by atoms with Crippen LogP contribution in [0.3, 0.4) is 0 Å². The van der Waals surface area contributed by atoms with Crippen molar-refractivity contribution in [3.8, 4) is 5.75 Å². The van der Waals surface area contributed by atoms with E-state index in [1.165, 1.54) is 0 Å². The van der Waals surface area contributed by atoms with E-state index in [4.69, 9.17) is 22.1 Å². The number of ether oxygens (including phenoxy) is 1. The molecule has 5 heteroatoms. The van der Waals surface area contributed by atoms with E-state index in [2.05, 4.69) is 0 Å². The molecule has 1 aromatic carbocycles. The predicted octanol–water partition coefficient (Wildman–Crippen LogP) is 1.14. The number of rotatable bonds is 6. The van der Waals surface area contributed by atoms with Crippen LogP contribution >= 0.6 is 11.6 Å². The minimum absolute atomic E-state index is 0.240.